The second-order valence-corrected chi connectivity index (χ2v) is 7.37. The second-order valence-electron chi connectivity index (χ2n) is 5.22. The monoisotopic (exact) mass is 278 g/mol. The highest BCUT2D eigenvalue weighted by atomic mass is 32.2. The summed E-state index contributed by atoms with van der Waals surface area (Å²) in [5, 5.41) is 9.92. The van der Waals surface area contributed by atoms with E-state index in [-0.39, 0.29) is 29.7 Å². The van der Waals surface area contributed by atoms with Gasteiger partial charge in [0.25, 0.3) is 0 Å². The summed E-state index contributed by atoms with van der Waals surface area (Å²) in [6.07, 6.45) is 1.06. The van der Waals surface area contributed by atoms with Crippen LogP contribution in [0.2, 0.25) is 0 Å². The van der Waals surface area contributed by atoms with Crippen LogP contribution in [0, 0.1) is 0 Å². The zero-order valence-corrected chi connectivity index (χ0v) is 11.5. The third-order valence-electron chi connectivity index (χ3n) is 4.04. The van der Waals surface area contributed by atoms with Crippen molar-refractivity contribution >= 4 is 9.84 Å². The van der Waals surface area contributed by atoms with Crippen LogP contribution in [0.15, 0.2) is 0 Å². The number of ether oxygens (including phenoxy) is 1. The van der Waals surface area contributed by atoms with E-state index in [0.29, 0.717) is 6.54 Å². The van der Waals surface area contributed by atoms with Crippen LogP contribution in [0.1, 0.15) is 12.8 Å². The maximum atomic E-state index is 11.6. The molecule has 6 nitrogen and oxygen atoms in total. The molecule has 0 saturated carbocycles. The highest BCUT2D eigenvalue weighted by Crippen LogP contribution is 2.27. The summed E-state index contributed by atoms with van der Waals surface area (Å²) in [5.41, 5.74) is 5.76. The third-order valence-corrected chi connectivity index (χ3v) is 5.74. The van der Waals surface area contributed by atoms with Gasteiger partial charge in [0.2, 0.25) is 0 Å². The minimum Gasteiger partial charge on any atom is -0.390 e. The van der Waals surface area contributed by atoms with Gasteiger partial charge < -0.3 is 15.6 Å². The molecule has 2 fully saturated rings. The van der Waals surface area contributed by atoms with Gasteiger partial charge in [0.1, 0.15) is 0 Å². The van der Waals surface area contributed by atoms with Crippen molar-refractivity contribution in [2.45, 2.75) is 37.1 Å². The predicted molar refractivity (Wildman–Crippen MR) is 68.0 cm³/mol. The molecule has 0 aromatic heterocycles. The number of aliphatic hydroxyl groups excluding tert-OH is 1. The molecular formula is C11H22N2O4S. The lowest BCUT2D eigenvalue weighted by molar-refractivity contribution is -0.0223. The smallest absolute Gasteiger partial charge is 0.154 e. The molecular weight excluding hydrogens is 256 g/mol. The lowest BCUT2D eigenvalue weighted by Gasteiger charge is -2.42. The molecule has 18 heavy (non-hydrogen) atoms. The Morgan fingerprint density at radius 2 is 2.17 bits per heavy atom. The Hall–Kier alpha value is -0.210. The molecule has 106 valence electrons. The number of methoxy groups -OCH3 is 1. The molecule has 0 aromatic rings. The van der Waals surface area contributed by atoms with Gasteiger partial charge in [0, 0.05) is 26.2 Å². The molecule has 0 bridgehead atoms. The van der Waals surface area contributed by atoms with E-state index in [1.807, 2.05) is 0 Å². The van der Waals surface area contributed by atoms with Gasteiger partial charge >= 0.3 is 0 Å². The summed E-state index contributed by atoms with van der Waals surface area (Å²) in [6.45, 7) is 1.20. The van der Waals surface area contributed by atoms with E-state index in [1.165, 1.54) is 0 Å². The Balaban J connectivity index is 2.08. The Bertz CT molecular complexity index is 387. The average Bonchev–Trinajstić information content (AvgIpc) is 2.61. The molecule has 0 amide bonds. The van der Waals surface area contributed by atoms with Gasteiger partial charge in [-0.2, -0.15) is 0 Å². The van der Waals surface area contributed by atoms with Crippen molar-refractivity contribution in [3.8, 4) is 0 Å². The van der Waals surface area contributed by atoms with E-state index in [4.69, 9.17) is 10.5 Å². The number of piperidine rings is 1. The molecule has 0 aliphatic carbocycles. The fraction of sp³-hybridized carbons (Fsp3) is 1.00. The molecule has 2 rings (SSSR count). The van der Waals surface area contributed by atoms with Crippen molar-refractivity contribution in [2.24, 2.45) is 5.73 Å². The van der Waals surface area contributed by atoms with E-state index in [1.54, 1.807) is 7.11 Å². The molecule has 2 heterocycles. The minimum absolute atomic E-state index is 0.0440. The van der Waals surface area contributed by atoms with Crippen molar-refractivity contribution < 1.29 is 18.3 Å². The van der Waals surface area contributed by atoms with Crippen molar-refractivity contribution in [1.82, 2.24) is 4.90 Å². The number of nitrogens with two attached hydrogens (primary N) is 1. The zero-order chi connectivity index (χ0) is 13.3. The topological polar surface area (TPSA) is 92.9 Å². The maximum Gasteiger partial charge on any atom is 0.154 e. The normalized spacial score (nSPS) is 41.1. The summed E-state index contributed by atoms with van der Waals surface area (Å²) in [4.78, 5) is 2.06. The molecule has 3 N–H and O–H groups in total. The minimum atomic E-state index is -3.11. The Morgan fingerprint density at radius 1 is 1.44 bits per heavy atom. The lowest BCUT2D eigenvalue weighted by Crippen LogP contribution is -2.56. The lowest BCUT2D eigenvalue weighted by atomic mass is 9.96. The predicted octanol–water partition coefficient (Wildman–Crippen LogP) is -1.42. The number of sulfone groups is 1. The molecule has 0 aromatic carbocycles. The van der Waals surface area contributed by atoms with Gasteiger partial charge in [-0.1, -0.05) is 0 Å². The van der Waals surface area contributed by atoms with Gasteiger partial charge in [-0.05, 0) is 12.8 Å². The average molecular weight is 278 g/mol. The van der Waals surface area contributed by atoms with Gasteiger partial charge in [-0.15, -0.1) is 0 Å². The molecule has 0 spiro atoms. The molecule has 2 aliphatic rings. The van der Waals surface area contributed by atoms with Crippen LogP contribution in [0.3, 0.4) is 0 Å². The van der Waals surface area contributed by atoms with Crippen LogP contribution in [0.5, 0.6) is 0 Å². The van der Waals surface area contributed by atoms with E-state index in [2.05, 4.69) is 4.90 Å². The van der Waals surface area contributed by atoms with Crippen LogP contribution in [0.4, 0.5) is 0 Å². The first kappa shape index (κ1) is 14.2. The number of aliphatic hydroxyl groups is 1. The van der Waals surface area contributed by atoms with Gasteiger partial charge in [0.05, 0.1) is 29.8 Å². The van der Waals surface area contributed by atoms with Crippen molar-refractivity contribution in [3.63, 3.8) is 0 Å². The Kier molecular flexibility index (Phi) is 4.28. The standard InChI is InChI=1S/C11H22N2O4S/c1-17-9-2-3-13(8(4-9)5-12)10-6-18(15,16)7-11(10)14/h8-11,14H,2-7,12H2,1H3. The number of nitrogens with zero attached hydrogens (tertiary/aromatic N) is 1. The molecule has 2 aliphatic heterocycles. The van der Waals surface area contributed by atoms with Gasteiger partial charge in [-0.25, -0.2) is 8.42 Å². The SMILES string of the molecule is COC1CCN(C2CS(=O)(=O)CC2O)C(CN)C1. The van der Waals surface area contributed by atoms with Crippen LogP contribution < -0.4 is 5.73 Å². The van der Waals surface area contributed by atoms with Crippen molar-refractivity contribution in [3.05, 3.63) is 0 Å². The molecule has 4 unspecified atom stereocenters. The summed E-state index contributed by atoms with van der Waals surface area (Å²) >= 11 is 0. The highest BCUT2D eigenvalue weighted by molar-refractivity contribution is 7.91. The number of rotatable bonds is 3. The largest absolute Gasteiger partial charge is 0.390 e. The van der Waals surface area contributed by atoms with E-state index in [0.717, 1.165) is 19.4 Å². The quantitative estimate of drug-likeness (QED) is 0.658. The fourth-order valence-corrected chi connectivity index (χ4v) is 4.85. The summed E-state index contributed by atoms with van der Waals surface area (Å²) in [6, 6.07) is -0.210. The Labute approximate surface area is 108 Å². The van der Waals surface area contributed by atoms with E-state index >= 15 is 0 Å². The molecule has 4 atom stereocenters. The van der Waals surface area contributed by atoms with E-state index in [9.17, 15) is 13.5 Å². The third kappa shape index (κ3) is 2.85. The first-order chi connectivity index (χ1) is 8.46. The fourth-order valence-electron chi connectivity index (χ4n) is 3.04. The summed E-state index contributed by atoms with van der Waals surface area (Å²) < 4.78 is 28.5. The first-order valence-electron chi connectivity index (χ1n) is 6.34. The van der Waals surface area contributed by atoms with Crippen LogP contribution in [-0.2, 0) is 14.6 Å². The maximum absolute atomic E-state index is 11.6. The van der Waals surface area contributed by atoms with E-state index < -0.39 is 15.9 Å². The van der Waals surface area contributed by atoms with Crippen molar-refractivity contribution in [1.29, 1.82) is 0 Å². The number of likely N-dealkylation sites (tertiary alicyclic amines) is 1. The van der Waals surface area contributed by atoms with Crippen molar-refractivity contribution in [2.75, 3.05) is 31.7 Å². The molecule has 0 radical (unpaired) electrons. The second kappa shape index (κ2) is 5.42. The number of hydrogen-bond acceptors (Lipinski definition) is 6. The Morgan fingerprint density at radius 3 is 2.67 bits per heavy atom. The number of hydrogen-bond donors (Lipinski definition) is 2. The summed E-state index contributed by atoms with van der Waals surface area (Å²) in [7, 11) is -1.43. The van der Waals surface area contributed by atoms with Gasteiger partial charge in [-0.3, -0.25) is 4.90 Å². The van der Waals surface area contributed by atoms with Crippen LogP contribution in [0.25, 0.3) is 0 Å². The molecule has 2 saturated heterocycles. The van der Waals surface area contributed by atoms with Crippen LogP contribution in [-0.4, -0.2) is 74.4 Å². The molecule has 7 heteroatoms. The zero-order valence-electron chi connectivity index (χ0n) is 10.7. The first-order valence-corrected chi connectivity index (χ1v) is 8.16. The van der Waals surface area contributed by atoms with Gasteiger partial charge in [0.15, 0.2) is 9.84 Å². The highest BCUT2D eigenvalue weighted by Gasteiger charge is 2.43. The summed E-state index contributed by atoms with van der Waals surface area (Å²) in [5.74, 6) is -0.0819. The van der Waals surface area contributed by atoms with Crippen LogP contribution >= 0.6 is 0 Å².